The van der Waals surface area contributed by atoms with Crippen LogP contribution in [0.15, 0.2) is 84.9 Å². The molecule has 0 aromatic heterocycles. The first-order valence-electron chi connectivity index (χ1n) is 7.45. The van der Waals surface area contributed by atoms with Crippen LogP contribution in [0.4, 0.5) is 0 Å². The lowest BCUT2D eigenvalue weighted by atomic mass is 9.86. The van der Waals surface area contributed by atoms with Gasteiger partial charge in [0.25, 0.3) is 0 Å². The average molecular weight is 320 g/mol. The maximum absolute atomic E-state index is 11.7. The van der Waals surface area contributed by atoms with E-state index in [1.807, 2.05) is 30.3 Å². The lowest BCUT2D eigenvalue weighted by Gasteiger charge is -2.24. The number of ether oxygens (including phenoxy) is 1. The molecule has 0 fully saturated rings. The van der Waals surface area contributed by atoms with E-state index in [2.05, 4.69) is 0 Å². The third-order valence-electron chi connectivity index (χ3n) is 3.75. The smallest absolute Gasteiger partial charge is 0.345 e. The average Bonchev–Trinajstić information content (AvgIpc) is 2.63. The number of hydrogen-bond donors (Lipinski definition) is 2. The van der Waals surface area contributed by atoms with Crippen LogP contribution < -0.4 is 4.74 Å². The third kappa shape index (κ3) is 3.00. The van der Waals surface area contributed by atoms with E-state index in [-0.39, 0.29) is 5.56 Å². The van der Waals surface area contributed by atoms with E-state index in [0.717, 1.165) is 0 Å². The van der Waals surface area contributed by atoms with Gasteiger partial charge in [-0.2, -0.15) is 0 Å². The molecule has 4 heteroatoms. The molecular formula is C20H16O4. The van der Waals surface area contributed by atoms with Gasteiger partial charge >= 0.3 is 5.97 Å². The number of carboxylic acid groups (broad SMARTS) is 1. The monoisotopic (exact) mass is 320 g/mol. The molecule has 24 heavy (non-hydrogen) atoms. The topological polar surface area (TPSA) is 66.8 Å². The fraction of sp³-hybridized carbons (Fsp3) is 0.0500. The third-order valence-corrected chi connectivity index (χ3v) is 3.75. The van der Waals surface area contributed by atoms with E-state index in [1.54, 1.807) is 54.6 Å². The van der Waals surface area contributed by atoms with Crippen molar-refractivity contribution >= 4 is 5.97 Å². The molecule has 3 aromatic rings. The number of aliphatic hydroxyl groups is 1. The molecule has 2 N–H and O–H groups in total. The summed E-state index contributed by atoms with van der Waals surface area (Å²) >= 11 is 0. The van der Waals surface area contributed by atoms with Gasteiger partial charge in [-0.1, -0.05) is 60.7 Å². The quantitative estimate of drug-likeness (QED) is 0.750. The van der Waals surface area contributed by atoms with Crippen LogP contribution in [0.3, 0.4) is 0 Å². The van der Waals surface area contributed by atoms with E-state index in [0.29, 0.717) is 17.1 Å². The summed E-state index contributed by atoms with van der Waals surface area (Å²) < 4.78 is 5.68. The molecule has 0 saturated carbocycles. The van der Waals surface area contributed by atoms with Crippen LogP contribution in [0.2, 0.25) is 0 Å². The molecule has 1 atom stereocenters. The zero-order valence-electron chi connectivity index (χ0n) is 12.8. The van der Waals surface area contributed by atoms with Gasteiger partial charge in [0, 0.05) is 0 Å². The minimum atomic E-state index is -2.10. The molecule has 1 unspecified atom stereocenters. The highest BCUT2D eigenvalue weighted by Gasteiger charge is 2.39. The zero-order valence-corrected chi connectivity index (χ0v) is 12.8. The van der Waals surface area contributed by atoms with Crippen LogP contribution in [0.1, 0.15) is 11.1 Å². The Balaban J connectivity index is 1.92. The second kappa shape index (κ2) is 6.56. The van der Waals surface area contributed by atoms with Crippen molar-refractivity contribution in [1.82, 2.24) is 0 Å². The number of hydrogen-bond acceptors (Lipinski definition) is 3. The number of carbonyl (C=O) groups is 1. The van der Waals surface area contributed by atoms with Crippen molar-refractivity contribution in [3.05, 3.63) is 96.1 Å². The molecule has 120 valence electrons. The number of benzene rings is 3. The molecule has 0 aliphatic carbocycles. The van der Waals surface area contributed by atoms with Gasteiger partial charge < -0.3 is 14.9 Å². The molecule has 0 heterocycles. The van der Waals surface area contributed by atoms with Gasteiger partial charge in [-0.15, -0.1) is 0 Å². The molecule has 0 aliphatic rings. The van der Waals surface area contributed by atoms with Gasteiger partial charge in [0.15, 0.2) is 0 Å². The SMILES string of the molecule is O=C(O)C(O)(c1ccccc1)c1ccc(Oc2ccccc2)cc1. The standard InChI is InChI=1S/C20H16O4/c21-19(22)20(23,15-7-3-1-4-8-15)16-11-13-18(14-12-16)24-17-9-5-2-6-10-17/h1-14,23H,(H,21,22). The Morgan fingerprint density at radius 3 is 1.71 bits per heavy atom. The van der Waals surface area contributed by atoms with Crippen molar-refractivity contribution in [3.8, 4) is 11.5 Å². The summed E-state index contributed by atoms with van der Waals surface area (Å²) in [5.74, 6) is -0.0852. The van der Waals surface area contributed by atoms with E-state index < -0.39 is 11.6 Å². The fourth-order valence-electron chi connectivity index (χ4n) is 2.48. The first-order chi connectivity index (χ1) is 11.6. The highest BCUT2D eigenvalue weighted by Crippen LogP contribution is 2.32. The number of carboxylic acids is 1. The molecular weight excluding hydrogens is 304 g/mol. The Kier molecular flexibility index (Phi) is 4.31. The van der Waals surface area contributed by atoms with Gasteiger partial charge in [-0.25, -0.2) is 4.79 Å². The summed E-state index contributed by atoms with van der Waals surface area (Å²) in [5, 5.41) is 20.3. The van der Waals surface area contributed by atoms with Crippen molar-refractivity contribution < 1.29 is 19.7 Å². The minimum Gasteiger partial charge on any atom is -0.479 e. The van der Waals surface area contributed by atoms with Crippen LogP contribution in [0, 0.1) is 0 Å². The Hall–Kier alpha value is -3.11. The van der Waals surface area contributed by atoms with Crippen molar-refractivity contribution in [1.29, 1.82) is 0 Å². The molecule has 0 radical (unpaired) electrons. The second-order valence-corrected chi connectivity index (χ2v) is 5.32. The summed E-state index contributed by atoms with van der Waals surface area (Å²) in [6.45, 7) is 0. The molecule has 0 amide bonds. The van der Waals surface area contributed by atoms with Gasteiger partial charge in [-0.3, -0.25) is 0 Å². The summed E-state index contributed by atoms with van der Waals surface area (Å²) in [6.07, 6.45) is 0. The lowest BCUT2D eigenvalue weighted by Crippen LogP contribution is -2.36. The van der Waals surface area contributed by atoms with Crippen LogP contribution >= 0.6 is 0 Å². The maximum atomic E-state index is 11.7. The van der Waals surface area contributed by atoms with Crippen molar-refractivity contribution in [3.63, 3.8) is 0 Å². The maximum Gasteiger partial charge on any atom is 0.345 e. The van der Waals surface area contributed by atoms with Crippen LogP contribution in [0.25, 0.3) is 0 Å². The number of aliphatic carboxylic acids is 1. The summed E-state index contributed by atoms with van der Waals surface area (Å²) in [6, 6.07) is 24.0. The molecule has 3 aromatic carbocycles. The molecule has 0 spiro atoms. The van der Waals surface area contributed by atoms with Gasteiger partial charge in [0.1, 0.15) is 11.5 Å². The molecule has 3 rings (SSSR count). The molecule has 0 saturated heterocycles. The Morgan fingerprint density at radius 2 is 1.17 bits per heavy atom. The van der Waals surface area contributed by atoms with Crippen molar-refractivity contribution in [2.24, 2.45) is 0 Å². The Bertz CT molecular complexity index is 813. The van der Waals surface area contributed by atoms with Crippen LogP contribution in [0.5, 0.6) is 11.5 Å². The normalized spacial score (nSPS) is 13.0. The predicted octanol–water partition coefficient (Wildman–Crippen LogP) is 3.80. The molecule has 0 bridgehead atoms. The second-order valence-electron chi connectivity index (χ2n) is 5.32. The lowest BCUT2D eigenvalue weighted by molar-refractivity contribution is -0.155. The van der Waals surface area contributed by atoms with E-state index in [9.17, 15) is 15.0 Å². The van der Waals surface area contributed by atoms with Gasteiger partial charge in [0.2, 0.25) is 5.60 Å². The number of rotatable bonds is 5. The molecule has 0 aliphatic heterocycles. The zero-order chi connectivity index (χ0) is 17.0. The van der Waals surface area contributed by atoms with Gasteiger partial charge in [-0.05, 0) is 35.4 Å². The van der Waals surface area contributed by atoms with E-state index >= 15 is 0 Å². The Labute approximate surface area is 139 Å². The molecule has 4 nitrogen and oxygen atoms in total. The van der Waals surface area contributed by atoms with Crippen molar-refractivity contribution in [2.45, 2.75) is 5.60 Å². The Morgan fingerprint density at radius 1 is 0.708 bits per heavy atom. The highest BCUT2D eigenvalue weighted by molar-refractivity contribution is 5.83. The van der Waals surface area contributed by atoms with Crippen LogP contribution in [-0.2, 0) is 10.4 Å². The summed E-state index contributed by atoms with van der Waals surface area (Å²) in [5.41, 5.74) is -1.54. The summed E-state index contributed by atoms with van der Waals surface area (Å²) in [4.78, 5) is 11.7. The predicted molar refractivity (Wildman–Crippen MR) is 90.0 cm³/mol. The summed E-state index contributed by atoms with van der Waals surface area (Å²) in [7, 11) is 0. The van der Waals surface area contributed by atoms with Crippen LogP contribution in [-0.4, -0.2) is 16.2 Å². The van der Waals surface area contributed by atoms with E-state index in [4.69, 9.17) is 4.74 Å². The first-order valence-corrected chi connectivity index (χ1v) is 7.45. The highest BCUT2D eigenvalue weighted by atomic mass is 16.5. The van der Waals surface area contributed by atoms with Gasteiger partial charge in [0.05, 0.1) is 0 Å². The van der Waals surface area contributed by atoms with Crippen molar-refractivity contribution in [2.75, 3.05) is 0 Å². The fourth-order valence-corrected chi connectivity index (χ4v) is 2.48. The first kappa shape index (κ1) is 15.8. The number of para-hydroxylation sites is 1. The minimum absolute atomic E-state index is 0.265. The van der Waals surface area contributed by atoms with E-state index in [1.165, 1.54) is 0 Å². The largest absolute Gasteiger partial charge is 0.479 e.